The molecule has 1 aromatic rings. The molecule has 6 heteroatoms. The van der Waals surface area contributed by atoms with Gasteiger partial charge in [0.05, 0.1) is 3.79 Å². The van der Waals surface area contributed by atoms with Crippen LogP contribution in [0.5, 0.6) is 0 Å². The molecule has 19 heavy (non-hydrogen) atoms. The minimum atomic E-state index is -0.458. The lowest BCUT2D eigenvalue weighted by atomic mass is 10.2. The van der Waals surface area contributed by atoms with E-state index < -0.39 is 5.60 Å². The number of thiophene rings is 1. The summed E-state index contributed by atoms with van der Waals surface area (Å²) in [5.74, 6) is 0. The molecule has 1 unspecified atom stereocenters. The van der Waals surface area contributed by atoms with Crippen LogP contribution in [0, 0.1) is 0 Å². The van der Waals surface area contributed by atoms with Crippen LogP contribution >= 0.6 is 27.3 Å². The maximum Gasteiger partial charge on any atom is 0.407 e. The maximum atomic E-state index is 11.5. The highest BCUT2D eigenvalue weighted by molar-refractivity contribution is 9.11. The minimum Gasteiger partial charge on any atom is -0.444 e. The van der Waals surface area contributed by atoms with E-state index in [9.17, 15) is 4.79 Å². The fourth-order valence-corrected chi connectivity index (χ4v) is 2.87. The van der Waals surface area contributed by atoms with E-state index in [2.05, 4.69) is 32.6 Å². The van der Waals surface area contributed by atoms with Crippen molar-refractivity contribution in [1.82, 2.24) is 10.6 Å². The van der Waals surface area contributed by atoms with E-state index in [1.54, 1.807) is 11.3 Å². The van der Waals surface area contributed by atoms with E-state index in [-0.39, 0.29) is 12.1 Å². The standard InChI is InChI=1S/C13H21BrN2O2S/c1-9(16-12(17)18-13(2,3)4)7-15-8-10-5-6-11(14)19-10/h5-6,9,15H,7-8H2,1-4H3,(H,16,17). The Morgan fingerprint density at radius 1 is 1.47 bits per heavy atom. The molecule has 1 heterocycles. The lowest BCUT2D eigenvalue weighted by Gasteiger charge is -2.22. The Morgan fingerprint density at radius 2 is 2.16 bits per heavy atom. The number of hydrogen-bond donors (Lipinski definition) is 2. The van der Waals surface area contributed by atoms with Crippen LogP contribution in [-0.4, -0.2) is 24.3 Å². The third-order valence-electron chi connectivity index (χ3n) is 2.14. The Balaban J connectivity index is 2.21. The van der Waals surface area contributed by atoms with Crippen LogP contribution in [0.25, 0.3) is 0 Å². The fourth-order valence-electron chi connectivity index (χ4n) is 1.42. The topological polar surface area (TPSA) is 50.4 Å². The van der Waals surface area contributed by atoms with Crippen molar-refractivity contribution in [2.24, 2.45) is 0 Å². The molecule has 108 valence electrons. The van der Waals surface area contributed by atoms with Crippen molar-refractivity contribution in [3.05, 3.63) is 20.8 Å². The molecule has 0 aliphatic rings. The summed E-state index contributed by atoms with van der Waals surface area (Å²) in [6, 6.07) is 4.14. The predicted octanol–water partition coefficient (Wildman–Crippen LogP) is 3.51. The molecule has 0 aliphatic heterocycles. The lowest BCUT2D eigenvalue weighted by molar-refractivity contribution is 0.0508. The molecule has 0 spiro atoms. The highest BCUT2D eigenvalue weighted by Crippen LogP contribution is 2.21. The Labute approximate surface area is 127 Å². The third-order valence-corrected chi connectivity index (χ3v) is 3.77. The van der Waals surface area contributed by atoms with Crippen LogP contribution in [-0.2, 0) is 11.3 Å². The second-order valence-corrected chi connectivity index (χ2v) is 7.93. The summed E-state index contributed by atoms with van der Waals surface area (Å²) in [6.07, 6.45) is -0.374. The van der Waals surface area contributed by atoms with Crippen molar-refractivity contribution in [3.8, 4) is 0 Å². The van der Waals surface area contributed by atoms with E-state index >= 15 is 0 Å². The number of carbonyl (C=O) groups excluding carboxylic acids is 1. The maximum absolute atomic E-state index is 11.5. The van der Waals surface area contributed by atoms with Crippen LogP contribution < -0.4 is 10.6 Å². The first kappa shape index (κ1) is 16.5. The smallest absolute Gasteiger partial charge is 0.407 e. The van der Waals surface area contributed by atoms with Crippen molar-refractivity contribution in [1.29, 1.82) is 0 Å². The minimum absolute atomic E-state index is 0.0262. The van der Waals surface area contributed by atoms with Crippen molar-refractivity contribution in [2.45, 2.75) is 45.9 Å². The van der Waals surface area contributed by atoms with E-state index in [0.29, 0.717) is 6.54 Å². The molecule has 1 amide bonds. The zero-order valence-electron chi connectivity index (χ0n) is 11.7. The number of rotatable bonds is 5. The third kappa shape index (κ3) is 7.54. The Morgan fingerprint density at radius 3 is 2.68 bits per heavy atom. The SMILES string of the molecule is CC(CNCc1ccc(Br)s1)NC(=O)OC(C)(C)C. The molecule has 0 saturated heterocycles. The number of halogens is 1. The number of ether oxygens (including phenoxy) is 1. The molecule has 0 saturated carbocycles. The van der Waals surface area contributed by atoms with Gasteiger partial charge in [-0.1, -0.05) is 0 Å². The van der Waals surface area contributed by atoms with Gasteiger partial charge in [-0.25, -0.2) is 4.79 Å². The van der Waals surface area contributed by atoms with Gasteiger partial charge in [0.25, 0.3) is 0 Å². The average molecular weight is 349 g/mol. The normalized spacial score (nSPS) is 13.1. The van der Waals surface area contributed by atoms with Crippen LogP contribution in [0.15, 0.2) is 15.9 Å². The van der Waals surface area contributed by atoms with Crippen LogP contribution in [0.2, 0.25) is 0 Å². The van der Waals surface area contributed by atoms with Crippen LogP contribution in [0.4, 0.5) is 4.79 Å². The summed E-state index contributed by atoms with van der Waals surface area (Å²) in [7, 11) is 0. The second-order valence-electron chi connectivity index (χ2n) is 5.38. The Hall–Kier alpha value is -0.590. The number of alkyl carbamates (subject to hydrolysis) is 1. The largest absolute Gasteiger partial charge is 0.444 e. The van der Waals surface area contributed by atoms with E-state index in [1.807, 2.05) is 33.8 Å². The van der Waals surface area contributed by atoms with Gasteiger partial charge in [0.1, 0.15) is 5.60 Å². The fraction of sp³-hybridized carbons (Fsp3) is 0.615. The zero-order chi connectivity index (χ0) is 14.5. The molecule has 0 radical (unpaired) electrons. The Bertz CT molecular complexity index is 415. The summed E-state index contributed by atoms with van der Waals surface area (Å²) >= 11 is 5.13. The highest BCUT2D eigenvalue weighted by atomic mass is 79.9. The quantitative estimate of drug-likeness (QED) is 0.855. The Kier molecular flexibility index (Phi) is 6.29. The molecule has 1 aromatic heterocycles. The highest BCUT2D eigenvalue weighted by Gasteiger charge is 2.17. The summed E-state index contributed by atoms with van der Waals surface area (Å²) in [6.45, 7) is 9.01. The van der Waals surface area contributed by atoms with Gasteiger partial charge in [0.15, 0.2) is 0 Å². The second kappa shape index (κ2) is 7.26. The van der Waals surface area contributed by atoms with E-state index in [1.165, 1.54) is 4.88 Å². The van der Waals surface area contributed by atoms with Crippen LogP contribution in [0.1, 0.15) is 32.6 Å². The first-order chi connectivity index (χ1) is 8.76. The van der Waals surface area contributed by atoms with Crippen molar-refractivity contribution < 1.29 is 9.53 Å². The van der Waals surface area contributed by atoms with Gasteiger partial charge in [-0.15, -0.1) is 11.3 Å². The number of amides is 1. The van der Waals surface area contributed by atoms with E-state index in [4.69, 9.17) is 4.74 Å². The number of carbonyl (C=O) groups is 1. The molecule has 0 fully saturated rings. The number of hydrogen-bond acceptors (Lipinski definition) is 4. The van der Waals surface area contributed by atoms with Crippen molar-refractivity contribution in [3.63, 3.8) is 0 Å². The molecule has 2 N–H and O–H groups in total. The number of nitrogens with one attached hydrogen (secondary N) is 2. The zero-order valence-corrected chi connectivity index (χ0v) is 14.2. The van der Waals surface area contributed by atoms with Crippen LogP contribution in [0.3, 0.4) is 0 Å². The first-order valence-corrected chi connectivity index (χ1v) is 7.81. The van der Waals surface area contributed by atoms with Crippen molar-refractivity contribution in [2.75, 3.05) is 6.54 Å². The lowest BCUT2D eigenvalue weighted by Crippen LogP contribution is -2.42. The van der Waals surface area contributed by atoms with Crippen molar-refractivity contribution >= 4 is 33.4 Å². The van der Waals surface area contributed by atoms with Gasteiger partial charge >= 0.3 is 6.09 Å². The molecular weight excluding hydrogens is 328 g/mol. The van der Waals surface area contributed by atoms with E-state index in [0.717, 1.165) is 10.3 Å². The van der Waals surface area contributed by atoms with Gasteiger partial charge in [0.2, 0.25) is 0 Å². The van der Waals surface area contributed by atoms with Gasteiger partial charge in [0, 0.05) is 24.0 Å². The van der Waals surface area contributed by atoms with Gasteiger partial charge in [-0.05, 0) is 55.8 Å². The monoisotopic (exact) mass is 348 g/mol. The molecule has 0 bridgehead atoms. The summed E-state index contributed by atoms with van der Waals surface area (Å²) in [5, 5.41) is 6.10. The first-order valence-electron chi connectivity index (χ1n) is 6.21. The molecule has 1 atom stereocenters. The average Bonchev–Trinajstić information content (AvgIpc) is 2.60. The molecule has 4 nitrogen and oxygen atoms in total. The molecule has 0 aliphatic carbocycles. The molecule has 0 aromatic carbocycles. The molecular formula is C13H21BrN2O2S. The van der Waals surface area contributed by atoms with Gasteiger partial charge in [-0.2, -0.15) is 0 Å². The summed E-state index contributed by atoms with van der Waals surface area (Å²) in [5.41, 5.74) is -0.458. The summed E-state index contributed by atoms with van der Waals surface area (Å²) < 4.78 is 6.32. The van der Waals surface area contributed by atoms with Gasteiger partial charge in [-0.3, -0.25) is 0 Å². The molecule has 1 rings (SSSR count). The van der Waals surface area contributed by atoms with Gasteiger partial charge < -0.3 is 15.4 Å². The predicted molar refractivity (Wildman–Crippen MR) is 82.6 cm³/mol. The summed E-state index contributed by atoms with van der Waals surface area (Å²) in [4.78, 5) is 12.8.